The normalized spacial score (nSPS) is 12.7. The summed E-state index contributed by atoms with van der Waals surface area (Å²) in [6.07, 6.45) is 1.02. The van der Waals surface area contributed by atoms with Crippen molar-refractivity contribution in [2.75, 3.05) is 31.7 Å². The smallest absolute Gasteiger partial charge is 0.337 e. The molecular formula is C16H27N3O2. The Morgan fingerprint density at radius 2 is 2.00 bits per heavy atom. The molecule has 1 unspecified atom stereocenters. The topological polar surface area (TPSA) is 78.6 Å². The zero-order chi connectivity index (χ0) is 16.2. The summed E-state index contributed by atoms with van der Waals surface area (Å²) in [5.41, 5.74) is 7.91. The van der Waals surface area contributed by atoms with Crippen LogP contribution in [0.3, 0.4) is 0 Å². The number of carboxylic acid groups (broad SMARTS) is 1. The van der Waals surface area contributed by atoms with E-state index in [4.69, 9.17) is 5.73 Å². The highest BCUT2D eigenvalue weighted by Crippen LogP contribution is 2.24. The third-order valence-electron chi connectivity index (χ3n) is 3.33. The molecule has 0 amide bonds. The number of benzene rings is 1. The Bertz CT molecular complexity index is 489. The number of carboxylic acids is 1. The average Bonchev–Trinajstić information content (AvgIpc) is 2.31. The van der Waals surface area contributed by atoms with E-state index in [1.54, 1.807) is 6.07 Å². The largest absolute Gasteiger partial charge is 0.478 e. The van der Waals surface area contributed by atoms with Gasteiger partial charge >= 0.3 is 5.97 Å². The maximum absolute atomic E-state index is 11.3. The number of nitrogen functional groups attached to an aromatic ring is 1. The van der Waals surface area contributed by atoms with Crippen LogP contribution < -0.4 is 11.1 Å². The quantitative estimate of drug-likeness (QED) is 0.674. The van der Waals surface area contributed by atoms with Gasteiger partial charge in [0.25, 0.3) is 0 Å². The molecule has 5 heteroatoms. The summed E-state index contributed by atoms with van der Waals surface area (Å²) in [6, 6.07) is 3.79. The van der Waals surface area contributed by atoms with Crippen molar-refractivity contribution in [1.29, 1.82) is 0 Å². The number of nitrogens with zero attached hydrogens (tertiary/aromatic N) is 1. The first-order valence-electron chi connectivity index (χ1n) is 7.25. The Labute approximate surface area is 127 Å². The molecule has 0 radical (unpaired) electrons. The predicted molar refractivity (Wildman–Crippen MR) is 88.0 cm³/mol. The van der Waals surface area contributed by atoms with Crippen molar-refractivity contribution in [3.05, 3.63) is 23.3 Å². The van der Waals surface area contributed by atoms with E-state index in [0.717, 1.165) is 24.2 Å². The lowest BCUT2D eigenvalue weighted by atomic mass is 10.0. The molecule has 1 aromatic rings. The molecule has 0 heterocycles. The Balaban J connectivity index is 3.00. The van der Waals surface area contributed by atoms with Gasteiger partial charge in [0.1, 0.15) is 0 Å². The van der Waals surface area contributed by atoms with Gasteiger partial charge in [-0.05, 0) is 51.1 Å². The van der Waals surface area contributed by atoms with Crippen molar-refractivity contribution in [3.63, 3.8) is 0 Å². The van der Waals surface area contributed by atoms with Crippen LogP contribution in [0, 0.1) is 12.8 Å². The Morgan fingerprint density at radius 3 is 2.48 bits per heavy atom. The van der Waals surface area contributed by atoms with E-state index in [-0.39, 0.29) is 11.6 Å². The molecule has 0 bridgehead atoms. The summed E-state index contributed by atoms with van der Waals surface area (Å²) >= 11 is 0. The van der Waals surface area contributed by atoms with Gasteiger partial charge in [-0.1, -0.05) is 13.8 Å². The van der Waals surface area contributed by atoms with Gasteiger partial charge in [-0.2, -0.15) is 0 Å². The van der Waals surface area contributed by atoms with Gasteiger partial charge in [-0.25, -0.2) is 4.79 Å². The number of likely N-dealkylation sites (N-methyl/N-ethyl adjacent to an activating group) is 1. The molecule has 0 aliphatic heterocycles. The summed E-state index contributed by atoms with van der Waals surface area (Å²) in [7, 11) is 4.07. The van der Waals surface area contributed by atoms with E-state index < -0.39 is 5.97 Å². The standard InChI is InChI=1S/C16H27N3O2/c1-10(2)6-13(9-19(4)5)18-12-7-11(3)15(17)14(8-12)16(20)21/h7-8,10,13,18H,6,9,17H2,1-5H3,(H,20,21). The molecule has 0 aliphatic rings. The highest BCUT2D eigenvalue weighted by molar-refractivity contribution is 5.95. The molecule has 0 aromatic heterocycles. The van der Waals surface area contributed by atoms with Crippen molar-refractivity contribution in [3.8, 4) is 0 Å². The van der Waals surface area contributed by atoms with Crippen LogP contribution in [0.1, 0.15) is 36.2 Å². The van der Waals surface area contributed by atoms with E-state index in [1.165, 1.54) is 0 Å². The van der Waals surface area contributed by atoms with Gasteiger partial charge in [0.2, 0.25) is 0 Å². The molecule has 0 saturated heterocycles. The van der Waals surface area contributed by atoms with E-state index in [9.17, 15) is 9.90 Å². The highest BCUT2D eigenvalue weighted by atomic mass is 16.4. The molecule has 5 nitrogen and oxygen atoms in total. The monoisotopic (exact) mass is 293 g/mol. The summed E-state index contributed by atoms with van der Waals surface area (Å²) in [6.45, 7) is 7.09. The van der Waals surface area contributed by atoms with Crippen LogP contribution in [0.25, 0.3) is 0 Å². The van der Waals surface area contributed by atoms with Crippen LogP contribution in [0.2, 0.25) is 0 Å². The van der Waals surface area contributed by atoms with Crippen molar-refractivity contribution in [1.82, 2.24) is 4.90 Å². The minimum absolute atomic E-state index is 0.158. The number of nitrogens with one attached hydrogen (secondary N) is 1. The second-order valence-electron chi connectivity index (χ2n) is 6.29. The van der Waals surface area contributed by atoms with Crippen LogP contribution in [0.15, 0.2) is 12.1 Å². The average molecular weight is 293 g/mol. The van der Waals surface area contributed by atoms with Gasteiger partial charge < -0.3 is 21.1 Å². The molecule has 0 spiro atoms. The van der Waals surface area contributed by atoms with Crippen LogP contribution in [0.5, 0.6) is 0 Å². The predicted octanol–water partition coefficient (Wildman–Crippen LogP) is 2.66. The fraction of sp³-hybridized carbons (Fsp3) is 0.562. The van der Waals surface area contributed by atoms with Gasteiger partial charge in [-0.3, -0.25) is 0 Å². The second kappa shape index (κ2) is 7.31. The fourth-order valence-corrected chi connectivity index (χ4v) is 2.48. The lowest BCUT2D eigenvalue weighted by Crippen LogP contribution is -2.33. The summed E-state index contributed by atoms with van der Waals surface area (Å²) < 4.78 is 0. The first-order chi connectivity index (χ1) is 9.70. The first-order valence-corrected chi connectivity index (χ1v) is 7.25. The maximum atomic E-state index is 11.3. The summed E-state index contributed by atoms with van der Waals surface area (Å²) in [5, 5.41) is 12.7. The van der Waals surface area contributed by atoms with Crippen molar-refractivity contribution in [2.45, 2.75) is 33.2 Å². The van der Waals surface area contributed by atoms with Crippen LogP contribution in [-0.4, -0.2) is 42.7 Å². The first kappa shape index (κ1) is 17.3. The number of hydrogen-bond acceptors (Lipinski definition) is 4. The molecule has 1 rings (SSSR count). The second-order valence-corrected chi connectivity index (χ2v) is 6.29. The van der Waals surface area contributed by atoms with Crippen LogP contribution in [-0.2, 0) is 0 Å². The molecule has 1 atom stereocenters. The van der Waals surface area contributed by atoms with Crippen LogP contribution in [0.4, 0.5) is 11.4 Å². The molecule has 1 aromatic carbocycles. The number of hydrogen-bond donors (Lipinski definition) is 3. The van der Waals surface area contributed by atoms with Gasteiger partial charge in [0.05, 0.1) is 5.56 Å². The highest BCUT2D eigenvalue weighted by Gasteiger charge is 2.16. The number of rotatable bonds is 7. The van der Waals surface area contributed by atoms with Gasteiger partial charge in [0.15, 0.2) is 0 Å². The number of aryl methyl sites for hydroxylation is 1. The summed E-state index contributed by atoms with van der Waals surface area (Å²) in [5.74, 6) is -0.427. The number of nitrogens with two attached hydrogens (primary N) is 1. The van der Waals surface area contributed by atoms with E-state index >= 15 is 0 Å². The van der Waals surface area contributed by atoms with Crippen molar-refractivity contribution >= 4 is 17.3 Å². The number of carbonyl (C=O) groups is 1. The van der Waals surface area contributed by atoms with Crippen LogP contribution >= 0.6 is 0 Å². The lowest BCUT2D eigenvalue weighted by Gasteiger charge is -2.25. The van der Waals surface area contributed by atoms with Gasteiger partial charge in [-0.15, -0.1) is 0 Å². The number of anilines is 2. The molecule has 0 aliphatic carbocycles. The van der Waals surface area contributed by atoms with E-state index in [0.29, 0.717) is 11.6 Å². The Hall–Kier alpha value is -1.75. The Kier molecular flexibility index (Phi) is 6.03. The minimum atomic E-state index is -0.993. The molecule has 0 saturated carbocycles. The fourth-order valence-electron chi connectivity index (χ4n) is 2.48. The molecule has 21 heavy (non-hydrogen) atoms. The number of aromatic carboxylic acids is 1. The third-order valence-corrected chi connectivity index (χ3v) is 3.33. The molecule has 4 N–H and O–H groups in total. The Morgan fingerprint density at radius 1 is 1.38 bits per heavy atom. The van der Waals surface area contributed by atoms with Crippen molar-refractivity contribution in [2.24, 2.45) is 5.92 Å². The molecule has 0 fully saturated rings. The minimum Gasteiger partial charge on any atom is -0.478 e. The van der Waals surface area contributed by atoms with E-state index in [2.05, 4.69) is 24.1 Å². The molecule has 118 valence electrons. The lowest BCUT2D eigenvalue weighted by molar-refractivity contribution is 0.0698. The zero-order valence-electron chi connectivity index (χ0n) is 13.6. The van der Waals surface area contributed by atoms with Crippen molar-refractivity contribution < 1.29 is 9.90 Å². The zero-order valence-corrected chi connectivity index (χ0v) is 13.6. The van der Waals surface area contributed by atoms with E-state index in [1.807, 2.05) is 27.1 Å². The maximum Gasteiger partial charge on any atom is 0.337 e. The summed E-state index contributed by atoms with van der Waals surface area (Å²) in [4.78, 5) is 13.4. The van der Waals surface area contributed by atoms with Gasteiger partial charge in [0, 0.05) is 24.0 Å². The SMILES string of the molecule is Cc1cc(NC(CC(C)C)CN(C)C)cc(C(=O)O)c1N. The molecular weight excluding hydrogens is 266 g/mol. The third kappa shape index (κ3) is 5.27.